The molecular formula is C7H3FNa2O4S. The van der Waals surface area contributed by atoms with Crippen molar-refractivity contribution in [3.05, 3.63) is 29.6 Å². The molecule has 4 nitrogen and oxygen atoms in total. The number of rotatable bonds is 2. The van der Waals surface area contributed by atoms with Crippen LogP contribution in [0.2, 0.25) is 0 Å². The van der Waals surface area contributed by atoms with Gasteiger partial charge in [-0.15, -0.1) is 0 Å². The average Bonchev–Trinajstić information content (AvgIpc) is 2.04. The third-order valence-electron chi connectivity index (χ3n) is 1.35. The summed E-state index contributed by atoms with van der Waals surface area (Å²) in [5.74, 6) is -2.54. The van der Waals surface area contributed by atoms with Crippen LogP contribution in [0.4, 0.5) is 4.39 Å². The molecule has 1 aromatic carbocycles. The van der Waals surface area contributed by atoms with E-state index in [1.807, 2.05) is 0 Å². The van der Waals surface area contributed by atoms with Crippen LogP contribution in [0.5, 0.6) is 0 Å². The first-order valence-corrected chi connectivity index (χ1v) is 4.20. The van der Waals surface area contributed by atoms with Crippen molar-refractivity contribution in [2.24, 2.45) is 0 Å². The van der Waals surface area contributed by atoms with Crippen molar-refractivity contribution in [3.8, 4) is 0 Å². The third-order valence-corrected chi connectivity index (χ3v) is 2.02. The zero-order valence-corrected chi connectivity index (χ0v) is 13.0. The predicted molar refractivity (Wildman–Crippen MR) is 37.9 cm³/mol. The van der Waals surface area contributed by atoms with E-state index in [0.29, 0.717) is 6.07 Å². The summed E-state index contributed by atoms with van der Waals surface area (Å²) >= 11 is -2.78. The van der Waals surface area contributed by atoms with Gasteiger partial charge in [0, 0.05) is 0 Å². The second kappa shape index (κ2) is 7.92. The van der Waals surface area contributed by atoms with Gasteiger partial charge in [0.1, 0.15) is 5.82 Å². The van der Waals surface area contributed by atoms with Gasteiger partial charge in [0.25, 0.3) is 0 Å². The predicted octanol–water partition coefficient (Wildman–Crippen LogP) is -6.56. The van der Waals surface area contributed by atoms with Crippen LogP contribution < -0.4 is 64.2 Å². The molecule has 0 aromatic heterocycles. The molecule has 0 fully saturated rings. The van der Waals surface area contributed by atoms with Crippen molar-refractivity contribution in [2.45, 2.75) is 4.90 Å². The van der Waals surface area contributed by atoms with Gasteiger partial charge in [0.15, 0.2) is 0 Å². The van der Waals surface area contributed by atoms with Gasteiger partial charge in [0.2, 0.25) is 0 Å². The molecule has 1 unspecified atom stereocenters. The van der Waals surface area contributed by atoms with Crippen LogP contribution in [0.15, 0.2) is 23.1 Å². The minimum Gasteiger partial charge on any atom is -0.768 e. The molecule has 0 aliphatic carbocycles. The maximum absolute atomic E-state index is 12.7. The van der Waals surface area contributed by atoms with E-state index < -0.39 is 27.8 Å². The number of hydrogen-bond acceptors (Lipinski definition) is 4. The molecule has 0 radical (unpaired) electrons. The molecule has 1 atom stereocenters. The molecule has 0 aliphatic heterocycles. The number of benzene rings is 1. The fourth-order valence-electron chi connectivity index (χ4n) is 0.758. The van der Waals surface area contributed by atoms with Gasteiger partial charge in [-0.1, -0.05) is 6.07 Å². The summed E-state index contributed by atoms with van der Waals surface area (Å²) in [6.07, 6.45) is 0. The molecule has 0 N–H and O–H groups in total. The van der Waals surface area contributed by atoms with Crippen LogP contribution in [-0.4, -0.2) is 14.7 Å². The molecule has 8 heteroatoms. The summed E-state index contributed by atoms with van der Waals surface area (Å²) in [5, 5.41) is 10.3. The van der Waals surface area contributed by atoms with Crippen molar-refractivity contribution in [1.29, 1.82) is 0 Å². The molecule has 0 amide bonds. The van der Waals surface area contributed by atoms with E-state index in [4.69, 9.17) is 0 Å². The first-order valence-electron chi connectivity index (χ1n) is 3.12. The Morgan fingerprint density at radius 3 is 2.27 bits per heavy atom. The molecular weight excluding hydrogens is 245 g/mol. The minimum absolute atomic E-state index is 0. The Hall–Kier alpha value is 0.730. The van der Waals surface area contributed by atoms with Crippen LogP contribution in [0, 0.1) is 5.82 Å². The number of hydrogen-bond donors (Lipinski definition) is 0. The summed E-state index contributed by atoms with van der Waals surface area (Å²) in [7, 11) is 0. The average molecular weight is 248 g/mol. The third kappa shape index (κ3) is 5.06. The van der Waals surface area contributed by atoms with Gasteiger partial charge in [-0.25, -0.2) is 4.39 Å². The Morgan fingerprint density at radius 2 is 1.87 bits per heavy atom. The molecule has 0 bridgehead atoms. The van der Waals surface area contributed by atoms with Crippen LogP contribution in [-0.2, 0) is 11.1 Å². The molecule has 1 aromatic rings. The first-order chi connectivity index (χ1) is 6.02. The summed E-state index contributed by atoms with van der Waals surface area (Å²) in [6.45, 7) is 0. The van der Waals surface area contributed by atoms with E-state index in [9.17, 15) is 23.1 Å². The second-order valence-electron chi connectivity index (χ2n) is 2.17. The molecule has 15 heavy (non-hydrogen) atoms. The number of halogens is 1. The summed E-state index contributed by atoms with van der Waals surface area (Å²) < 4.78 is 33.4. The number of carboxylic acids is 1. The van der Waals surface area contributed by atoms with Crippen molar-refractivity contribution in [3.63, 3.8) is 0 Å². The number of carboxylic acid groups (broad SMARTS) is 1. The Balaban J connectivity index is 0. The molecule has 1 rings (SSSR count). The maximum Gasteiger partial charge on any atom is 1.00 e. The first kappa shape index (κ1) is 18.1. The Bertz CT molecular complexity index is 385. The molecule has 0 saturated carbocycles. The van der Waals surface area contributed by atoms with E-state index in [1.54, 1.807) is 0 Å². The monoisotopic (exact) mass is 248 g/mol. The number of carbonyl (C=O) groups is 1. The van der Waals surface area contributed by atoms with Crippen molar-refractivity contribution >= 4 is 17.0 Å². The van der Waals surface area contributed by atoms with Crippen LogP contribution in [0.25, 0.3) is 0 Å². The Labute approximate surface area is 132 Å². The molecule has 0 heterocycles. The van der Waals surface area contributed by atoms with Gasteiger partial charge in [-0.3, -0.25) is 4.21 Å². The maximum atomic E-state index is 12.7. The fourth-order valence-corrected chi connectivity index (χ4v) is 1.21. The van der Waals surface area contributed by atoms with E-state index in [1.165, 1.54) is 0 Å². The molecule has 70 valence electrons. The van der Waals surface area contributed by atoms with Gasteiger partial charge < -0.3 is 14.5 Å². The van der Waals surface area contributed by atoms with Crippen LogP contribution in [0.1, 0.15) is 10.4 Å². The standard InChI is InChI=1S/C7H5FO4S.2Na/c8-5-2-1-4(7(9)10)3-6(5)13(11)12;;/h1-3H,(H,9,10)(H,11,12);;/q;2*+1/p-2. The van der Waals surface area contributed by atoms with Crippen molar-refractivity contribution in [2.75, 3.05) is 0 Å². The van der Waals surface area contributed by atoms with E-state index in [-0.39, 0.29) is 64.7 Å². The minimum atomic E-state index is -2.78. The quantitative estimate of drug-likeness (QED) is 0.385. The summed E-state index contributed by atoms with van der Waals surface area (Å²) in [4.78, 5) is 9.57. The summed E-state index contributed by atoms with van der Waals surface area (Å²) in [5.41, 5.74) is -0.374. The Morgan fingerprint density at radius 1 is 1.33 bits per heavy atom. The van der Waals surface area contributed by atoms with Crippen molar-refractivity contribution in [1.82, 2.24) is 0 Å². The second-order valence-corrected chi connectivity index (χ2v) is 3.08. The van der Waals surface area contributed by atoms with Crippen LogP contribution in [0.3, 0.4) is 0 Å². The van der Waals surface area contributed by atoms with E-state index in [0.717, 1.165) is 12.1 Å². The summed E-state index contributed by atoms with van der Waals surface area (Å²) in [6, 6.07) is 2.39. The largest absolute Gasteiger partial charge is 1.00 e. The zero-order valence-electron chi connectivity index (χ0n) is 8.15. The van der Waals surface area contributed by atoms with Gasteiger partial charge in [-0.05, 0) is 28.8 Å². The number of aromatic carboxylic acids is 1. The number of carbonyl (C=O) groups excluding carboxylic acids is 1. The Kier molecular flexibility index (Phi) is 9.55. The van der Waals surface area contributed by atoms with Crippen LogP contribution >= 0.6 is 0 Å². The van der Waals surface area contributed by atoms with E-state index >= 15 is 0 Å². The van der Waals surface area contributed by atoms with Crippen molar-refractivity contribution < 1.29 is 82.2 Å². The molecule has 0 aliphatic rings. The molecule has 0 spiro atoms. The zero-order chi connectivity index (χ0) is 10.0. The fraction of sp³-hybridized carbons (Fsp3) is 0. The smallest absolute Gasteiger partial charge is 0.768 e. The topological polar surface area (TPSA) is 80.3 Å². The normalized spacial score (nSPS) is 10.8. The SMILES string of the molecule is O=C([O-])c1ccc(F)c(S(=O)[O-])c1.[Na+].[Na+]. The molecule has 0 saturated heterocycles. The van der Waals surface area contributed by atoms with Gasteiger partial charge in [0.05, 0.1) is 10.9 Å². The van der Waals surface area contributed by atoms with Gasteiger partial charge in [-0.2, -0.15) is 0 Å². The van der Waals surface area contributed by atoms with Gasteiger partial charge >= 0.3 is 59.1 Å². The van der Waals surface area contributed by atoms with E-state index in [2.05, 4.69) is 0 Å².